The van der Waals surface area contributed by atoms with E-state index in [1.165, 1.54) is 0 Å². The molecule has 0 atom stereocenters. The Morgan fingerprint density at radius 2 is 2.38 bits per heavy atom. The molecule has 0 aliphatic heterocycles. The van der Waals surface area contributed by atoms with Crippen molar-refractivity contribution in [2.24, 2.45) is 0 Å². The van der Waals surface area contributed by atoms with E-state index in [0.717, 1.165) is 5.57 Å². The molecular formula is C7H11O. The van der Waals surface area contributed by atoms with Gasteiger partial charge >= 0.3 is 0 Å². The first-order chi connectivity index (χ1) is 3.77. The zero-order chi connectivity index (χ0) is 6.41. The van der Waals surface area contributed by atoms with Crippen LogP contribution in [-0.2, 0) is 4.74 Å². The second-order valence-corrected chi connectivity index (χ2v) is 1.64. The molecule has 0 fully saturated rings. The van der Waals surface area contributed by atoms with Gasteiger partial charge < -0.3 is 4.74 Å². The van der Waals surface area contributed by atoms with Crippen LogP contribution in [0.2, 0.25) is 0 Å². The highest BCUT2D eigenvalue weighted by atomic mass is 16.5. The largest absolute Gasteiger partial charge is 0.367 e. The molecule has 0 amide bonds. The smallest absolute Gasteiger partial charge is 0.105 e. The second-order valence-electron chi connectivity index (χ2n) is 1.64. The lowest BCUT2D eigenvalue weighted by Crippen LogP contribution is -1.88. The van der Waals surface area contributed by atoms with Crippen molar-refractivity contribution < 1.29 is 4.74 Å². The van der Waals surface area contributed by atoms with E-state index in [2.05, 4.69) is 13.2 Å². The van der Waals surface area contributed by atoms with Gasteiger partial charge in [-0.1, -0.05) is 18.2 Å². The number of rotatable bonds is 4. The molecule has 0 unspecified atom stereocenters. The van der Waals surface area contributed by atoms with Crippen LogP contribution < -0.4 is 0 Å². The van der Waals surface area contributed by atoms with Gasteiger partial charge in [-0.3, -0.25) is 0 Å². The van der Waals surface area contributed by atoms with Gasteiger partial charge in [-0.25, -0.2) is 0 Å². The molecule has 0 saturated carbocycles. The molecule has 8 heavy (non-hydrogen) atoms. The van der Waals surface area contributed by atoms with Crippen LogP contribution in [0.15, 0.2) is 24.8 Å². The van der Waals surface area contributed by atoms with Gasteiger partial charge in [0, 0.05) is 0 Å². The fraction of sp³-hybridized carbons (Fsp3) is 0.286. The number of ether oxygens (including phenoxy) is 1. The predicted octanol–water partition coefficient (Wildman–Crippen LogP) is 1.93. The molecule has 0 spiro atoms. The average Bonchev–Trinajstić information content (AvgIpc) is 1.66. The third kappa shape index (κ3) is 5.44. The Hall–Kier alpha value is -0.560. The minimum atomic E-state index is 0.589. The topological polar surface area (TPSA) is 9.23 Å². The van der Waals surface area contributed by atoms with E-state index < -0.39 is 0 Å². The van der Waals surface area contributed by atoms with Crippen molar-refractivity contribution in [3.05, 3.63) is 31.4 Å². The molecule has 0 bridgehead atoms. The summed E-state index contributed by atoms with van der Waals surface area (Å²) in [4.78, 5) is 0. The van der Waals surface area contributed by atoms with Crippen LogP contribution in [-0.4, -0.2) is 6.61 Å². The van der Waals surface area contributed by atoms with Crippen molar-refractivity contribution in [3.63, 3.8) is 0 Å². The summed E-state index contributed by atoms with van der Waals surface area (Å²) in [6.07, 6.45) is 1.60. The van der Waals surface area contributed by atoms with E-state index in [1.54, 1.807) is 12.7 Å². The highest BCUT2D eigenvalue weighted by Gasteiger charge is 1.81. The first-order valence-electron chi connectivity index (χ1n) is 2.47. The monoisotopic (exact) mass is 111 g/mol. The Labute approximate surface area is 50.7 Å². The maximum absolute atomic E-state index is 4.90. The lowest BCUT2D eigenvalue weighted by Gasteiger charge is -1.95. The minimum absolute atomic E-state index is 0.589. The summed E-state index contributed by atoms with van der Waals surface area (Å²) in [6.45, 7) is 11.1. The van der Waals surface area contributed by atoms with Gasteiger partial charge in [-0.15, -0.1) is 6.58 Å². The molecule has 0 heterocycles. The molecule has 45 valence electrons. The molecule has 0 aromatic carbocycles. The molecule has 0 aromatic heterocycles. The van der Waals surface area contributed by atoms with Gasteiger partial charge in [0.05, 0.1) is 6.61 Å². The quantitative estimate of drug-likeness (QED) is 0.398. The second kappa shape index (κ2) is 4.60. The van der Waals surface area contributed by atoms with Gasteiger partial charge in [0.15, 0.2) is 0 Å². The molecule has 0 rings (SSSR count). The SMILES string of the molecule is C=C[CH]OCC(=C)C. The van der Waals surface area contributed by atoms with Gasteiger partial charge in [-0.2, -0.15) is 0 Å². The highest BCUT2D eigenvalue weighted by Crippen LogP contribution is 1.89. The van der Waals surface area contributed by atoms with E-state index in [4.69, 9.17) is 4.74 Å². The van der Waals surface area contributed by atoms with E-state index in [-0.39, 0.29) is 0 Å². The Bertz CT molecular complexity index is 84.4. The van der Waals surface area contributed by atoms with Crippen molar-refractivity contribution in [1.29, 1.82) is 0 Å². The standard InChI is InChI=1S/C7H11O/c1-4-5-8-6-7(2)3/h4-5H,1-2,6H2,3H3. The molecule has 1 radical (unpaired) electrons. The fourth-order valence-corrected chi connectivity index (χ4v) is 0.258. The lowest BCUT2D eigenvalue weighted by molar-refractivity contribution is 0.244. The summed E-state index contributed by atoms with van der Waals surface area (Å²) in [7, 11) is 0. The van der Waals surface area contributed by atoms with Crippen molar-refractivity contribution in [2.45, 2.75) is 6.92 Å². The summed E-state index contributed by atoms with van der Waals surface area (Å²) >= 11 is 0. The minimum Gasteiger partial charge on any atom is -0.367 e. The van der Waals surface area contributed by atoms with Crippen molar-refractivity contribution in [2.75, 3.05) is 6.61 Å². The molecule has 0 N–H and O–H groups in total. The highest BCUT2D eigenvalue weighted by molar-refractivity contribution is 4.89. The molecule has 0 aliphatic carbocycles. The summed E-state index contributed by atoms with van der Waals surface area (Å²) in [5.74, 6) is 0. The van der Waals surface area contributed by atoms with Crippen LogP contribution in [0.25, 0.3) is 0 Å². The third-order valence-electron chi connectivity index (χ3n) is 0.522. The van der Waals surface area contributed by atoms with Crippen LogP contribution in [0.4, 0.5) is 0 Å². The van der Waals surface area contributed by atoms with Crippen molar-refractivity contribution >= 4 is 0 Å². The van der Waals surface area contributed by atoms with Crippen LogP contribution in [0.3, 0.4) is 0 Å². The van der Waals surface area contributed by atoms with Crippen LogP contribution in [0, 0.1) is 6.61 Å². The Kier molecular flexibility index (Phi) is 4.27. The summed E-state index contributed by atoms with van der Waals surface area (Å²) in [5.41, 5.74) is 1.02. The van der Waals surface area contributed by atoms with Crippen LogP contribution in [0.5, 0.6) is 0 Å². The molecule has 0 aliphatic rings. The number of hydrogen-bond donors (Lipinski definition) is 0. The molecule has 0 aromatic rings. The number of hydrogen-bond acceptors (Lipinski definition) is 1. The Morgan fingerprint density at radius 3 is 2.75 bits per heavy atom. The zero-order valence-electron chi connectivity index (χ0n) is 5.18. The van der Waals surface area contributed by atoms with Gasteiger partial charge in [0.25, 0.3) is 0 Å². The van der Waals surface area contributed by atoms with Crippen LogP contribution in [0.1, 0.15) is 6.92 Å². The van der Waals surface area contributed by atoms with Gasteiger partial charge in [-0.05, 0) is 6.92 Å². The first kappa shape index (κ1) is 7.44. The van der Waals surface area contributed by atoms with E-state index in [0.29, 0.717) is 6.61 Å². The lowest BCUT2D eigenvalue weighted by atomic mass is 10.4. The molecule has 1 heteroatoms. The maximum atomic E-state index is 4.90. The van der Waals surface area contributed by atoms with E-state index >= 15 is 0 Å². The Morgan fingerprint density at radius 1 is 1.75 bits per heavy atom. The predicted molar refractivity (Wildman–Crippen MR) is 35.3 cm³/mol. The average molecular weight is 111 g/mol. The van der Waals surface area contributed by atoms with Crippen LogP contribution >= 0.6 is 0 Å². The molecule has 1 nitrogen and oxygen atoms in total. The van der Waals surface area contributed by atoms with E-state index in [9.17, 15) is 0 Å². The van der Waals surface area contributed by atoms with E-state index in [1.807, 2.05) is 6.92 Å². The molecule has 0 saturated heterocycles. The maximum Gasteiger partial charge on any atom is 0.105 e. The van der Waals surface area contributed by atoms with Gasteiger partial charge in [0.2, 0.25) is 0 Å². The summed E-state index contributed by atoms with van der Waals surface area (Å²) in [5, 5.41) is 0. The summed E-state index contributed by atoms with van der Waals surface area (Å²) < 4.78 is 4.90. The van der Waals surface area contributed by atoms with Crippen molar-refractivity contribution in [3.8, 4) is 0 Å². The van der Waals surface area contributed by atoms with Gasteiger partial charge in [0.1, 0.15) is 6.61 Å². The fourth-order valence-electron chi connectivity index (χ4n) is 0.258. The normalized spacial score (nSPS) is 8.62. The zero-order valence-corrected chi connectivity index (χ0v) is 5.18. The van der Waals surface area contributed by atoms with Crippen molar-refractivity contribution in [1.82, 2.24) is 0 Å². The Balaban J connectivity index is 2.93. The first-order valence-corrected chi connectivity index (χ1v) is 2.47. The molecular weight excluding hydrogens is 100 g/mol. The summed E-state index contributed by atoms with van der Waals surface area (Å²) in [6, 6.07) is 0. The third-order valence-corrected chi connectivity index (χ3v) is 0.522.